The average molecular weight is 371 g/mol. The lowest BCUT2D eigenvalue weighted by Gasteiger charge is -2.38. The van der Waals surface area contributed by atoms with Crippen LogP contribution in [0.3, 0.4) is 0 Å². The van der Waals surface area contributed by atoms with E-state index in [-0.39, 0.29) is 41.3 Å². The van der Waals surface area contributed by atoms with Gasteiger partial charge in [-0.05, 0) is 37.4 Å². The second-order valence-corrected chi connectivity index (χ2v) is 14.1. The van der Waals surface area contributed by atoms with Crippen molar-refractivity contribution in [2.75, 3.05) is 13.2 Å². The Hall–Kier alpha value is -0.433. The maximum Gasteiger partial charge on any atom is 0.306 e. The van der Waals surface area contributed by atoms with E-state index in [4.69, 9.17) is 18.6 Å². The van der Waals surface area contributed by atoms with E-state index in [0.29, 0.717) is 13.0 Å². The highest BCUT2D eigenvalue weighted by atomic mass is 28.4. The van der Waals surface area contributed by atoms with Gasteiger partial charge in [0.1, 0.15) is 6.10 Å². The molecule has 2 heterocycles. The zero-order valence-electron chi connectivity index (χ0n) is 16.4. The first-order chi connectivity index (χ1) is 11.7. The van der Waals surface area contributed by atoms with Gasteiger partial charge < -0.3 is 18.6 Å². The molecule has 0 bridgehead atoms. The maximum atomic E-state index is 11.7. The first-order valence-electron chi connectivity index (χ1n) is 9.78. The highest BCUT2D eigenvalue weighted by molar-refractivity contribution is 6.74. The van der Waals surface area contributed by atoms with Crippen LogP contribution in [0.5, 0.6) is 0 Å². The summed E-state index contributed by atoms with van der Waals surface area (Å²) in [5, 5.41) is 0.176. The van der Waals surface area contributed by atoms with Crippen molar-refractivity contribution in [2.45, 2.75) is 89.5 Å². The molecule has 25 heavy (non-hydrogen) atoms. The summed E-state index contributed by atoms with van der Waals surface area (Å²) in [6, 6.07) is 0. The Bertz CT molecular complexity index is 481. The SMILES string of the molecule is CC(C)(C)[Si](C)(C)OCC1C(OC2CCCCO2)C[C@@H]2OC(=O)CC12. The molecule has 6 heteroatoms. The molecule has 3 aliphatic rings. The summed E-state index contributed by atoms with van der Waals surface area (Å²) in [6.45, 7) is 12.7. The lowest BCUT2D eigenvalue weighted by Crippen LogP contribution is -2.44. The van der Waals surface area contributed by atoms with E-state index in [1.54, 1.807) is 0 Å². The second-order valence-electron chi connectivity index (χ2n) is 9.34. The van der Waals surface area contributed by atoms with Gasteiger partial charge in [0, 0.05) is 31.5 Å². The molecule has 1 aliphatic carbocycles. The molecule has 5 nitrogen and oxygen atoms in total. The van der Waals surface area contributed by atoms with Crippen molar-refractivity contribution >= 4 is 14.3 Å². The van der Waals surface area contributed by atoms with Gasteiger partial charge >= 0.3 is 5.97 Å². The van der Waals surface area contributed by atoms with Crippen LogP contribution >= 0.6 is 0 Å². The summed E-state index contributed by atoms with van der Waals surface area (Å²) in [5.41, 5.74) is 0. The molecule has 3 fully saturated rings. The van der Waals surface area contributed by atoms with E-state index in [0.717, 1.165) is 32.3 Å². The van der Waals surface area contributed by atoms with Gasteiger partial charge in [0.2, 0.25) is 0 Å². The molecule has 4 unspecified atom stereocenters. The number of hydrogen-bond acceptors (Lipinski definition) is 5. The van der Waals surface area contributed by atoms with Crippen molar-refractivity contribution in [1.82, 2.24) is 0 Å². The lowest BCUT2D eigenvalue weighted by atomic mass is 9.93. The normalized spacial score (nSPS) is 36.4. The standard InChI is InChI=1S/C19H34O5Si/c1-19(2,3)25(4,5)22-12-14-13-10-17(20)23-15(13)11-16(14)24-18-8-6-7-9-21-18/h13-16,18H,6-12H2,1-5H3/t13?,14?,15-,16?,18?/m0/s1. The van der Waals surface area contributed by atoms with Gasteiger partial charge in [0.25, 0.3) is 0 Å². The van der Waals surface area contributed by atoms with Gasteiger partial charge in [0.05, 0.1) is 12.5 Å². The van der Waals surface area contributed by atoms with Crippen LogP contribution in [0.15, 0.2) is 0 Å². The summed E-state index contributed by atoms with van der Waals surface area (Å²) >= 11 is 0. The van der Waals surface area contributed by atoms with Crippen molar-refractivity contribution in [3.05, 3.63) is 0 Å². The number of ether oxygens (including phenoxy) is 3. The predicted octanol–water partition coefficient (Wildman–Crippen LogP) is 3.87. The number of fused-ring (bicyclic) bond motifs is 1. The van der Waals surface area contributed by atoms with E-state index in [9.17, 15) is 4.79 Å². The number of esters is 1. The summed E-state index contributed by atoms with van der Waals surface area (Å²) in [7, 11) is -1.83. The third kappa shape index (κ3) is 4.29. The molecule has 144 valence electrons. The fourth-order valence-corrected chi connectivity index (χ4v) is 4.92. The minimum absolute atomic E-state index is 0.00546. The van der Waals surface area contributed by atoms with Crippen molar-refractivity contribution in [3.8, 4) is 0 Å². The summed E-state index contributed by atoms with van der Waals surface area (Å²) < 4.78 is 24.1. The quantitative estimate of drug-likeness (QED) is 0.543. The van der Waals surface area contributed by atoms with Crippen LogP contribution in [0.4, 0.5) is 0 Å². The number of hydrogen-bond donors (Lipinski definition) is 0. The van der Waals surface area contributed by atoms with Crippen LogP contribution in [0.25, 0.3) is 0 Å². The number of rotatable bonds is 5. The number of carbonyl (C=O) groups is 1. The summed E-state index contributed by atoms with van der Waals surface area (Å²) in [4.78, 5) is 11.7. The molecule has 0 N–H and O–H groups in total. The van der Waals surface area contributed by atoms with Crippen LogP contribution in [-0.4, -0.2) is 46.0 Å². The Morgan fingerprint density at radius 1 is 1.24 bits per heavy atom. The molecular formula is C19H34O5Si. The molecule has 0 radical (unpaired) electrons. The van der Waals surface area contributed by atoms with Crippen LogP contribution in [0.2, 0.25) is 18.1 Å². The smallest absolute Gasteiger partial charge is 0.306 e. The Labute approximate surface area is 152 Å². The molecule has 3 rings (SSSR count). The van der Waals surface area contributed by atoms with Crippen LogP contribution in [-0.2, 0) is 23.4 Å². The van der Waals surface area contributed by atoms with Crippen molar-refractivity contribution in [1.29, 1.82) is 0 Å². The molecule has 1 saturated carbocycles. The first-order valence-corrected chi connectivity index (χ1v) is 12.7. The first kappa shape index (κ1) is 19.3. The van der Waals surface area contributed by atoms with Crippen LogP contribution in [0.1, 0.15) is 52.9 Å². The fraction of sp³-hybridized carbons (Fsp3) is 0.947. The van der Waals surface area contributed by atoms with Gasteiger partial charge in [-0.15, -0.1) is 0 Å². The van der Waals surface area contributed by atoms with Crippen LogP contribution in [0, 0.1) is 11.8 Å². The van der Waals surface area contributed by atoms with E-state index < -0.39 is 8.32 Å². The van der Waals surface area contributed by atoms with Gasteiger partial charge in [-0.25, -0.2) is 0 Å². The lowest BCUT2D eigenvalue weighted by molar-refractivity contribution is -0.198. The predicted molar refractivity (Wildman–Crippen MR) is 97.7 cm³/mol. The van der Waals surface area contributed by atoms with E-state index in [1.165, 1.54) is 0 Å². The van der Waals surface area contributed by atoms with Crippen LogP contribution < -0.4 is 0 Å². The van der Waals surface area contributed by atoms with Gasteiger partial charge in [-0.1, -0.05) is 20.8 Å². The van der Waals surface area contributed by atoms with Crippen molar-refractivity contribution < 1.29 is 23.4 Å². The largest absolute Gasteiger partial charge is 0.462 e. The van der Waals surface area contributed by atoms with E-state index in [1.807, 2.05) is 0 Å². The zero-order chi connectivity index (χ0) is 18.2. The third-order valence-corrected chi connectivity index (χ3v) is 11.1. The molecule has 0 spiro atoms. The van der Waals surface area contributed by atoms with Crippen molar-refractivity contribution in [2.24, 2.45) is 11.8 Å². The zero-order valence-corrected chi connectivity index (χ0v) is 17.4. The highest BCUT2D eigenvalue weighted by Crippen LogP contribution is 2.45. The highest BCUT2D eigenvalue weighted by Gasteiger charge is 2.52. The third-order valence-electron chi connectivity index (χ3n) is 6.56. The molecule has 0 aromatic heterocycles. The fourth-order valence-electron chi connectivity index (χ4n) is 3.88. The molecule has 0 aromatic carbocycles. The Balaban J connectivity index is 1.66. The maximum absolute atomic E-state index is 11.7. The molecule has 2 aliphatic heterocycles. The molecule has 0 aromatic rings. The molecule has 2 saturated heterocycles. The minimum atomic E-state index is -1.83. The average Bonchev–Trinajstić information content (AvgIpc) is 3.01. The van der Waals surface area contributed by atoms with Crippen molar-refractivity contribution in [3.63, 3.8) is 0 Å². The Morgan fingerprint density at radius 3 is 2.64 bits per heavy atom. The number of carbonyl (C=O) groups excluding carboxylic acids is 1. The summed E-state index contributed by atoms with van der Waals surface area (Å²) in [5.74, 6) is 0.377. The minimum Gasteiger partial charge on any atom is -0.462 e. The van der Waals surface area contributed by atoms with Gasteiger partial charge in [-0.2, -0.15) is 0 Å². The molecule has 5 atom stereocenters. The second kappa shape index (κ2) is 7.29. The topological polar surface area (TPSA) is 54.0 Å². The Kier molecular flexibility index (Phi) is 5.64. The van der Waals surface area contributed by atoms with E-state index in [2.05, 4.69) is 33.9 Å². The van der Waals surface area contributed by atoms with Gasteiger partial charge in [-0.3, -0.25) is 4.79 Å². The van der Waals surface area contributed by atoms with E-state index >= 15 is 0 Å². The molecule has 0 amide bonds. The molecular weight excluding hydrogens is 336 g/mol. The summed E-state index contributed by atoms with van der Waals surface area (Å²) in [6.07, 6.45) is 4.47. The monoisotopic (exact) mass is 370 g/mol. The van der Waals surface area contributed by atoms with Gasteiger partial charge in [0.15, 0.2) is 14.6 Å². The Morgan fingerprint density at radius 2 is 2.00 bits per heavy atom.